The van der Waals surface area contributed by atoms with Crippen molar-refractivity contribution in [1.82, 2.24) is 0 Å². The molecule has 14 heavy (non-hydrogen) atoms. The Morgan fingerprint density at radius 3 is 2.86 bits per heavy atom. The molecule has 0 bridgehead atoms. The second-order valence-corrected chi connectivity index (χ2v) is 3.14. The van der Waals surface area contributed by atoms with Gasteiger partial charge >= 0.3 is 0 Å². The summed E-state index contributed by atoms with van der Waals surface area (Å²) in [6.07, 6.45) is 0.544. The van der Waals surface area contributed by atoms with Crippen molar-refractivity contribution in [2.45, 2.75) is 6.42 Å². The molecule has 2 rings (SSSR count). The zero-order valence-electron chi connectivity index (χ0n) is 7.82. The number of anilines is 1. The lowest BCUT2D eigenvalue weighted by Crippen LogP contribution is -2.17. The van der Waals surface area contributed by atoms with Gasteiger partial charge in [-0.25, -0.2) is 0 Å². The molecular weight excluding hydrogens is 182 g/mol. The number of ether oxygens (including phenoxy) is 2. The summed E-state index contributed by atoms with van der Waals surface area (Å²) in [4.78, 5) is 0. The van der Waals surface area contributed by atoms with E-state index in [2.05, 4.69) is 0 Å². The third-order valence-electron chi connectivity index (χ3n) is 2.22. The molecule has 1 aliphatic heterocycles. The van der Waals surface area contributed by atoms with Crippen LogP contribution in [-0.4, -0.2) is 24.9 Å². The Bertz CT molecular complexity index is 338. The first-order valence-electron chi connectivity index (χ1n) is 4.60. The lowest BCUT2D eigenvalue weighted by atomic mass is 10.1. The molecule has 0 saturated heterocycles. The summed E-state index contributed by atoms with van der Waals surface area (Å²) in [5.41, 5.74) is 7.35. The Kier molecular flexibility index (Phi) is 2.45. The molecule has 0 atom stereocenters. The highest BCUT2D eigenvalue weighted by Gasteiger charge is 2.16. The van der Waals surface area contributed by atoms with Crippen LogP contribution in [0.1, 0.15) is 5.56 Å². The van der Waals surface area contributed by atoms with Crippen molar-refractivity contribution in [3.8, 4) is 11.5 Å². The molecule has 1 aromatic carbocycles. The second kappa shape index (κ2) is 3.75. The van der Waals surface area contributed by atoms with Crippen LogP contribution in [0.3, 0.4) is 0 Å². The topological polar surface area (TPSA) is 64.7 Å². The van der Waals surface area contributed by atoms with Crippen molar-refractivity contribution in [3.05, 3.63) is 17.7 Å². The average Bonchev–Trinajstić information content (AvgIpc) is 2.23. The van der Waals surface area contributed by atoms with Gasteiger partial charge in [0, 0.05) is 6.61 Å². The molecule has 1 aliphatic rings. The lowest BCUT2D eigenvalue weighted by molar-refractivity contribution is 0.172. The normalized spacial score (nSPS) is 14.1. The minimum atomic E-state index is 0.0871. The third-order valence-corrected chi connectivity index (χ3v) is 2.22. The number of nitrogens with two attached hydrogens (primary N) is 1. The highest BCUT2D eigenvalue weighted by Crippen LogP contribution is 2.37. The van der Waals surface area contributed by atoms with Gasteiger partial charge in [-0.1, -0.05) is 6.07 Å². The number of hydrogen-bond acceptors (Lipinski definition) is 4. The van der Waals surface area contributed by atoms with Crippen LogP contribution in [0, 0.1) is 0 Å². The summed E-state index contributed by atoms with van der Waals surface area (Å²) in [6.45, 7) is 1.18. The molecule has 0 saturated carbocycles. The van der Waals surface area contributed by atoms with Crippen LogP contribution in [0.15, 0.2) is 12.1 Å². The SMILES string of the molecule is Nc1c(CCO)ccc2c1OCCO2. The number of aliphatic hydroxyl groups excluding tert-OH is 1. The van der Waals surface area contributed by atoms with E-state index in [0.717, 1.165) is 5.56 Å². The van der Waals surface area contributed by atoms with Crippen molar-refractivity contribution in [2.75, 3.05) is 25.6 Å². The summed E-state index contributed by atoms with van der Waals surface area (Å²) < 4.78 is 10.8. The van der Waals surface area contributed by atoms with Crippen molar-refractivity contribution in [1.29, 1.82) is 0 Å². The summed E-state index contributed by atoms with van der Waals surface area (Å²) in [5.74, 6) is 1.30. The molecule has 4 heteroatoms. The maximum Gasteiger partial charge on any atom is 0.184 e. The van der Waals surface area contributed by atoms with Crippen molar-refractivity contribution < 1.29 is 14.6 Å². The molecule has 0 aliphatic carbocycles. The quantitative estimate of drug-likeness (QED) is 0.677. The van der Waals surface area contributed by atoms with Crippen LogP contribution in [0.2, 0.25) is 0 Å². The van der Waals surface area contributed by atoms with Gasteiger partial charge in [-0.2, -0.15) is 0 Å². The zero-order valence-corrected chi connectivity index (χ0v) is 7.82. The summed E-state index contributed by atoms with van der Waals surface area (Å²) in [5, 5.41) is 8.82. The van der Waals surface area contributed by atoms with Crippen molar-refractivity contribution in [3.63, 3.8) is 0 Å². The van der Waals surface area contributed by atoms with Crippen LogP contribution in [0.25, 0.3) is 0 Å². The van der Waals surface area contributed by atoms with E-state index in [1.165, 1.54) is 0 Å². The van der Waals surface area contributed by atoms with Gasteiger partial charge in [-0.05, 0) is 18.1 Å². The van der Waals surface area contributed by atoms with Gasteiger partial charge in [0.1, 0.15) is 13.2 Å². The molecule has 0 radical (unpaired) electrons. The van der Waals surface area contributed by atoms with E-state index < -0.39 is 0 Å². The van der Waals surface area contributed by atoms with Gasteiger partial charge in [-0.15, -0.1) is 0 Å². The maximum atomic E-state index is 8.82. The maximum absolute atomic E-state index is 8.82. The molecular formula is C10H13NO3. The van der Waals surface area contributed by atoms with Crippen molar-refractivity contribution in [2.24, 2.45) is 0 Å². The highest BCUT2D eigenvalue weighted by molar-refractivity contribution is 5.65. The van der Waals surface area contributed by atoms with Crippen LogP contribution >= 0.6 is 0 Å². The minimum Gasteiger partial charge on any atom is -0.486 e. The van der Waals surface area contributed by atoms with E-state index in [1.54, 1.807) is 0 Å². The van der Waals surface area contributed by atoms with E-state index >= 15 is 0 Å². The largest absolute Gasteiger partial charge is 0.486 e. The fourth-order valence-electron chi connectivity index (χ4n) is 1.52. The first kappa shape index (κ1) is 9.15. The lowest BCUT2D eigenvalue weighted by Gasteiger charge is -2.21. The Labute approximate surface area is 82.2 Å². The van der Waals surface area contributed by atoms with E-state index in [-0.39, 0.29) is 6.61 Å². The molecule has 1 aromatic rings. The van der Waals surface area contributed by atoms with Crippen LogP contribution in [-0.2, 0) is 6.42 Å². The first-order valence-corrected chi connectivity index (χ1v) is 4.60. The Morgan fingerprint density at radius 2 is 2.07 bits per heavy atom. The highest BCUT2D eigenvalue weighted by atomic mass is 16.6. The third kappa shape index (κ3) is 1.48. The number of nitrogen functional groups attached to an aromatic ring is 1. The predicted octanol–water partition coefficient (Wildman–Crippen LogP) is 0.575. The Balaban J connectivity index is 2.38. The number of hydrogen-bond donors (Lipinski definition) is 2. The van der Waals surface area contributed by atoms with Crippen LogP contribution in [0.4, 0.5) is 5.69 Å². The van der Waals surface area contributed by atoms with Gasteiger partial charge in [0.05, 0.1) is 5.69 Å². The molecule has 76 valence electrons. The molecule has 0 unspecified atom stereocenters. The molecule has 0 fully saturated rings. The zero-order chi connectivity index (χ0) is 9.97. The summed E-state index contributed by atoms with van der Waals surface area (Å²) in [7, 11) is 0. The van der Waals surface area contributed by atoms with E-state index in [9.17, 15) is 0 Å². The monoisotopic (exact) mass is 195 g/mol. The fourth-order valence-corrected chi connectivity index (χ4v) is 1.52. The van der Waals surface area contributed by atoms with Gasteiger partial charge in [-0.3, -0.25) is 0 Å². The van der Waals surface area contributed by atoms with Crippen LogP contribution < -0.4 is 15.2 Å². The smallest absolute Gasteiger partial charge is 0.184 e. The Hall–Kier alpha value is -1.42. The van der Waals surface area contributed by atoms with Gasteiger partial charge in [0.15, 0.2) is 11.5 Å². The minimum absolute atomic E-state index is 0.0871. The van der Waals surface area contributed by atoms with Crippen LogP contribution in [0.5, 0.6) is 11.5 Å². The molecule has 0 spiro atoms. The molecule has 0 aromatic heterocycles. The van der Waals surface area contributed by atoms with Gasteiger partial charge in [0.2, 0.25) is 0 Å². The van der Waals surface area contributed by atoms with Gasteiger partial charge < -0.3 is 20.3 Å². The van der Waals surface area contributed by atoms with E-state index in [4.69, 9.17) is 20.3 Å². The fraction of sp³-hybridized carbons (Fsp3) is 0.400. The van der Waals surface area contributed by atoms with E-state index in [1.807, 2.05) is 12.1 Å². The van der Waals surface area contributed by atoms with Gasteiger partial charge in [0.25, 0.3) is 0 Å². The summed E-state index contributed by atoms with van der Waals surface area (Å²) in [6, 6.07) is 3.69. The Morgan fingerprint density at radius 1 is 1.29 bits per heavy atom. The number of aliphatic hydroxyl groups is 1. The second-order valence-electron chi connectivity index (χ2n) is 3.14. The van der Waals surface area contributed by atoms with Crippen molar-refractivity contribution >= 4 is 5.69 Å². The average molecular weight is 195 g/mol. The van der Waals surface area contributed by atoms with E-state index in [0.29, 0.717) is 36.8 Å². The molecule has 3 N–H and O–H groups in total. The molecule has 0 amide bonds. The number of fused-ring (bicyclic) bond motifs is 1. The predicted molar refractivity (Wildman–Crippen MR) is 52.6 cm³/mol. The molecule has 1 heterocycles. The standard InChI is InChI=1S/C10H13NO3/c11-9-7(3-4-12)1-2-8-10(9)14-6-5-13-8/h1-2,12H,3-6,11H2. The summed E-state index contributed by atoms with van der Waals surface area (Å²) >= 11 is 0. The number of benzene rings is 1. The first-order chi connectivity index (χ1) is 6.83. The number of rotatable bonds is 2. The molecule has 4 nitrogen and oxygen atoms in total.